The second-order valence-corrected chi connectivity index (χ2v) is 6.96. The third-order valence-corrected chi connectivity index (χ3v) is 4.63. The van der Waals surface area contributed by atoms with Crippen LogP contribution >= 0.6 is 22.9 Å². The summed E-state index contributed by atoms with van der Waals surface area (Å²) in [6.07, 6.45) is 1.75. The Balaban J connectivity index is 1.85. The number of hydrogen-bond donors (Lipinski definition) is 2. The summed E-state index contributed by atoms with van der Waals surface area (Å²) < 4.78 is 5.56. The molecule has 6 nitrogen and oxygen atoms in total. The Bertz CT molecular complexity index is 890. The predicted molar refractivity (Wildman–Crippen MR) is 99.2 cm³/mol. The molecule has 0 unspecified atom stereocenters. The number of H-pyrrole nitrogens is 1. The van der Waals surface area contributed by atoms with Crippen molar-refractivity contribution in [3.63, 3.8) is 0 Å². The molecule has 3 aromatic rings. The standard InChI is InChI=1S/C17H17ClN4O2S/c1-3-24-16(23)14-10(2)21-15(22-14)12-6-4-5-7-13(12)19-8-11-9-20-17(18)25-11/h4-7,9,19H,3,8H2,1-2H3,(H,21,22). The van der Waals surface area contributed by atoms with E-state index < -0.39 is 5.97 Å². The van der Waals surface area contributed by atoms with Crippen molar-refractivity contribution in [2.75, 3.05) is 11.9 Å². The molecular formula is C17H17ClN4O2S. The summed E-state index contributed by atoms with van der Waals surface area (Å²) in [5.74, 6) is 0.193. The van der Waals surface area contributed by atoms with E-state index in [4.69, 9.17) is 16.3 Å². The van der Waals surface area contributed by atoms with E-state index in [1.54, 1.807) is 20.0 Å². The largest absolute Gasteiger partial charge is 0.461 e. The third kappa shape index (κ3) is 4.00. The first-order valence-corrected chi connectivity index (χ1v) is 8.95. The number of aryl methyl sites for hydroxylation is 1. The van der Waals surface area contributed by atoms with Crippen molar-refractivity contribution >= 4 is 34.6 Å². The van der Waals surface area contributed by atoms with Gasteiger partial charge in [0.15, 0.2) is 10.2 Å². The fourth-order valence-electron chi connectivity index (χ4n) is 2.38. The van der Waals surface area contributed by atoms with Crippen LogP contribution in [0.3, 0.4) is 0 Å². The molecule has 0 atom stereocenters. The van der Waals surface area contributed by atoms with Crippen molar-refractivity contribution < 1.29 is 9.53 Å². The number of esters is 1. The topological polar surface area (TPSA) is 79.9 Å². The fraction of sp³-hybridized carbons (Fsp3) is 0.235. The number of imidazole rings is 1. The summed E-state index contributed by atoms with van der Waals surface area (Å²) in [7, 11) is 0. The molecule has 0 saturated carbocycles. The summed E-state index contributed by atoms with van der Waals surface area (Å²) in [5, 5.41) is 3.36. The number of para-hydroxylation sites is 1. The van der Waals surface area contributed by atoms with Crippen molar-refractivity contribution in [2.45, 2.75) is 20.4 Å². The van der Waals surface area contributed by atoms with Gasteiger partial charge in [-0.25, -0.2) is 14.8 Å². The first-order chi connectivity index (χ1) is 12.1. The van der Waals surface area contributed by atoms with Gasteiger partial charge in [-0.1, -0.05) is 23.7 Å². The van der Waals surface area contributed by atoms with E-state index in [2.05, 4.69) is 20.3 Å². The molecule has 0 spiro atoms. The molecule has 1 aromatic carbocycles. The van der Waals surface area contributed by atoms with Crippen LogP contribution in [0.5, 0.6) is 0 Å². The molecule has 0 radical (unpaired) electrons. The highest BCUT2D eigenvalue weighted by Gasteiger charge is 2.18. The van der Waals surface area contributed by atoms with Crippen molar-refractivity contribution in [2.24, 2.45) is 0 Å². The number of halogens is 1. The molecule has 2 N–H and O–H groups in total. The van der Waals surface area contributed by atoms with E-state index in [0.717, 1.165) is 16.1 Å². The molecule has 0 fully saturated rings. The summed E-state index contributed by atoms with van der Waals surface area (Å²) >= 11 is 7.30. The highest BCUT2D eigenvalue weighted by Crippen LogP contribution is 2.28. The van der Waals surface area contributed by atoms with Gasteiger partial charge in [0.25, 0.3) is 0 Å². The molecule has 0 bridgehead atoms. The number of thiazole rings is 1. The normalized spacial score (nSPS) is 10.7. The number of nitrogens with zero attached hydrogens (tertiary/aromatic N) is 2. The van der Waals surface area contributed by atoms with Gasteiger partial charge in [-0.3, -0.25) is 0 Å². The van der Waals surface area contributed by atoms with Gasteiger partial charge in [0.2, 0.25) is 0 Å². The Morgan fingerprint density at radius 3 is 2.92 bits per heavy atom. The third-order valence-electron chi connectivity index (χ3n) is 3.51. The summed E-state index contributed by atoms with van der Waals surface area (Å²) in [6.45, 7) is 4.49. The van der Waals surface area contributed by atoms with Gasteiger partial charge >= 0.3 is 5.97 Å². The molecule has 0 amide bonds. The number of carbonyl (C=O) groups is 1. The molecule has 0 aliphatic rings. The van der Waals surface area contributed by atoms with E-state index in [1.807, 2.05) is 24.3 Å². The van der Waals surface area contributed by atoms with Gasteiger partial charge in [0, 0.05) is 28.0 Å². The van der Waals surface area contributed by atoms with Crippen molar-refractivity contribution in [1.82, 2.24) is 15.0 Å². The van der Waals surface area contributed by atoms with Crippen LogP contribution in [0.15, 0.2) is 30.5 Å². The van der Waals surface area contributed by atoms with E-state index in [0.29, 0.717) is 34.8 Å². The minimum Gasteiger partial charge on any atom is -0.461 e. The lowest BCUT2D eigenvalue weighted by molar-refractivity contribution is 0.0519. The highest BCUT2D eigenvalue weighted by atomic mass is 35.5. The number of rotatable bonds is 6. The molecule has 0 aliphatic carbocycles. The first kappa shape index (κ1) is 17.4. The van der Waals surface area contributed by atoms with Crippen LogP contribution in [0.4, 0.5) is 5.69 Å². The second kappa shape index (κ2) is 7.67. The summed E-state index contributed by atoms with van der Waals surface area (Å²) in [5.41, 5.74) is 2.76. The monoisotopic (exact) mass is 376 g/mol. The van der Waals surface area contributed by atoms with Crippen LogP contribution in [-0.4, -0.2) is 27.5 Å². The van der Waals surface area contributed by atoms with Gasteiger partial charge in [0.05, 0.1) is 13.2 Å². The van der Waals surface area contributed by atoms with Crippen LogP contribution in [0.2, 0.25) is 4.47 Å². The SMILES string of the molecule is CCOC(=O)c1nc(-c2ccccc2NCc2cnc(Cl)s2)[nH]c1C. The lowest BCUT2D eigenvalue weighted by Gasteiger charge is -2.09. The maximum absolute atomic E-state index is 12.0. The van der Waals surface area contributed by atoms with Crippen LogP contribution in [0.1, 0.15) is 28.0 Å². The van der Waals surface area contributed by atoms with Gasteiger partial charge in [0.1, 0.15) is 5.82 Å². The quantitative estimate of drug-likeness (QED) is 0.627. The van der Waals surface area contributed by atoms with Crippen LogP contribution < -0.4 is 5.32 Å². The molecular weight excluding hydrogens is 360 g/mol. The lowest BCUT2D eigenvalue weighted by atomic mass is 10.1. The second-order valence-electron chi connectivity index (χ2n) is 5.26. The Morgan fingerprint density at radius 2 is 2.20 bits per heavy atom. The zero-order valence-electron chi connectivity index (χ0n) is 13.8. The lowest BCUT2D eigenvalue weighted by Crippen LogP contribution is -2.06. The number of anilines is 1. The number of ether oxygens (including phenoxy) is 1. The minimum atomic E-state index is -0.424. The van der Waals surface area contributed by atoms with E-state index in [-0.39, 0.29) is 0 Å². The minimum absolute atomic E-state index is 0.306. The fourth-order valence-corrected chi connectivity index (χ4v) is 3.30. The van der Waals surface area contributed by atoms with Crippen molar-refractivity contribution in [3.05, 3.63) is 51.2 Å². The molecule has 2 aromatic heterocycles. The summed E-state index contributed by atoms with van der Waals surface area (Å²) in [4.78, 5) is 24.6. The predicted octanol–water partition coefficient (Wildman–Crippen LogP) is 4.28. The van der Waals surface area contributed by atoms with Crippen LogP contribution in [0.25, 0.3) is 11.4 Å². The zero-order valence-corrected chi connectivity index (χ0v) is 15.4. The van der Waals surface area contributed by atoms with E-state index in [1.165, 1.54) is 11.3 Å². The van der Waals surface area contributed by atoms with Gasteiger partial charge in [-0.2, -0.15) is 0 Å². The number of aromatic amines is 1. The molecule has 3 rings (SSSR count). The number of aromatic nitrogens is 3. The van der Waals surface area contributed by atoms with Crippen molar-refractivity contribution in [3.8, 4) is 11.4 Å². The Morgan fingerprint density at radius 1 is 1.40 bits per heavy atom. The smallest absolute Gasteiger partial charge is 0.358 e. The molecule has 130 valence electrons. The number of benzene rings is 1. The van der Waals surface area contributed by atoms with Gasteiger partial charge in [-0.05, 0) is 26.0 Å². The number of hydrogen-bond acceptors (Lipinski definition) is 6. The Hall–Kier alpha value is -2.38. The average Bonchev–Trinajstić information content (AvgIpc) is 3.19. The van der Waals surface area contributed by atoms with E-state index in [9.17, 15) is 4.79 Å². The van der Waals surface area contributed by atoms with Gasteiger partial charge in [-0.15, -0.1) is 11.3 Å². The molecule has 0 saturated heterocycles. The van der Waals surface area contributed by atoms with Crippen LogP contribution in [0, 0.1) is 6.92 Å². The van der Waals surface area contributed by atoms with Crippen LogP contribution in [-0.2, 0) is 11.3 Å². The van der Waals surface area contributed by atoms with Crippen molar-refractivity contribution in [1.29, 1.82) is 0 Å². The molecule has 0 aliphatic heterocycles. The van der Waals surface area contributed by atoms with Gasteiger partial charge < -0.3 is 15.0 Å². The molecule has 2 heterocycles. The Labute approximate surface area is 154 Å². The molecule has 25 heavy (non-hydrogen) atoms. The maximum Gasteiger partial charge on any atom is 0.358 e. The number of carbonyl (C=O) groups excluding carboxylic acids is 1. The maximum atomic E-state index is 12.0. The Kier molecular flexibility index (Phi) is 5.35. The summed E-state index contributed by atoms with van der Waals surface area (Å²) in [6, 6.07) is 7.76. The first-order valence-electron chi connectivity index (χ1n) is 7.75. The van der Waals surface area contributed by atoms with E-state index >= 15 is 0 Å². The highest BCUT2D eigenvalue weighted by molar-refractivity contribution is 7.15. The molecule has 8 heteroatoms. The average molecular weight is 377 g/mol. The number of nitrogens with one attached hydrogen (secondary N) is 2. The zero-order chi connectivity index (χ0) is 17.8.